The van der Waals surface area contributed by atoms with E-state index >= 15 is 0 Å². The van der Waals surface area contributed by atoms with Crippen molar-refractivity contribution >= 4 is 22.9 Å². The van der Waals surface area contributed by atoms with Crippen molar-refractivity contribution in [3.8, 4) is 16.9 Å². The average Bonchev–Trinajstić information content (AvgIpc) is 3.29. The fourth-order valence-electron chi connectivity index (χ4n) is 4.43. The van der Waals surface area contributed by atoms with Crippen LogP contribution in [0.3, 0.4) is 0 Å². The molecule has 0 saturated heterocycles. The topological polar surface area (TPSA) is 50.6 Å². The predicted octanol–water partition coefficient (Wildman–Crippen LogP) is 5.83. The molecule has 0 amide bonds. The highest BCUT2D eigenvalue weighted by Crippen LogP contribution is 2.37. The Morgan fingerprint density at radius 1 is 1.09 bits per heavy atom. The molecule has 0 fully saturated rings. The van der Waals surface area contributed by atoms with Crippen molar-refractivity contribution in [3.05, 3.63) is 83.8 Å². The van der Waals surface area contributed by atoms with Gasteiger partial charge in [0.2, 0.25) is 0 Å². The minimum atomic E-state index is -0.238. The maximum Gasteiger partial charge on any atom is 0.143 e. The van der Waals surface area contributed by atoms with Gasteiger partial charge < -0.3 is 9.64 Å². The molecule has 0 radical (unpaired) electrons. The summed E-state index contributed by atoms with van der Waals surface area (Å²) in [6.45, 7) is 5.03. The number of methoxy groups -OCH3 is 1. The van der Waals surface area contributed by atoms with Crippen molar-refractivity contribution in [3.63, 3.8) is 0 Å². The van der Waals surface area contributed by atoms with E-state index in [0.29, 0.717) is 0 Å². The van der Waals surface area contributed by atoms with Gasteiger partial charge in [0.15, 0.2) is 0 Å². The van der Waals surface area contributed by atoms with Crippen LogP contribution in [0.4, 0.5) is 10.1 Å². The first-order valence-electron chi connectivity index (χ1n) is 11.0. The zero-order valence-corrected chi connectivity index (χ0v) is 18.9. The van der Waals surface area contributed by atoms with Crippen molar-refractivity contribution in [1.82, 2.24) is 10.2 Å². The molecule has 4 aromatic rings. The Kier molecular flexibility index (Phi) is 5.50. The van der Waals surface area contributed by atoms with Crippen molar-refractivity contribution in [1.29, 1.82) is 0 Å². The highest BCUT2D eigenvalue weighted by atomic mass is 19.1. The highest BCUT2D eigenvalue weighted by Gasteiger charge is 2.20. The van der Waals surface area contributed by atoms with Gasteiger partial charge in [-0.2, -0.15) is 10.2 Å². The fraction of sp³-hybridized carbons (Fsp3) is 0.222. The molecule has 3 aromatic carbocycles. The molecule has 2 atom stereocenters. The Hall–Kier alpha value is -3.80. The summed E-state index contributed by atoms with van der Waals surface area (Å²) in [6, 6.07) is 19.3. The van der Waals surface area contributed by atoms with Gasteiger partial charge in [0.1, 0.15) is 11.6 Å². The van der Waals surface area contributed by atoms with Crippen LogP contribution < -0.4 is 9.64 Å². The first kappa shape index (κ1) is 21.1. The van der Waals surface area contributed by atoms with E-state index in [2.05, 4.69) is 58.2 Å². The number of hydrogen-bond donors (Lipinski definition) is 0. The first-order chi connectivity index (χ1) is 16.0. The number of nitrogens with zero attached hydrogens (tertiary/aromatic N) is 4. The Morgan fingerprint density at radius 2 is 1.91 bits per heavy atom. The molecule has 0 bridgehead atoms. The molecule has 0 spiro atoms. The molecule has 0 saturated carbocycles. The minimum Gasteiger partial charge on any atom is -0.495 e. The molecule has 0 N–H and O–H groups in total. The van der Waals surface area contributed by atoms with Crippen molar-refractivity contribution in [2.45, 2.75) is 25.8 Å². The maximum absolute atomic E-state index is 13.4. The second-order valence-corrected chi connectivity index (χ2v) is 8.43. The smallest absolute Gasteiger partial charge is 0.143 e. The summed E-state index contributed by atoms with van der Waals surface area (Å²) in [5, 5.41) is 9.82. The summed E-state index contributed by atoms with van der Waals surface area (Å²) < 4.78 is 19.1. The summed E-state index contributed by atoms with van der Waals surface area (Å²) in [5.41, 5.74) is 5.91. The number of anilines is 1. The molecule has 6 heteroatoms. The summed E-state index contributed by atoms with van der Waals surface area (Å²) in [5.74, 6) is 0.596. The highest BCUT2D eigenvalue weighted by molar-refractivity contribution is 5.96. The second-order valence-electron chi connectivity index (χ2n) is 8.43. The number of ether oxygens (including phenoxy) is 1. The van der Waals surface area contributed by atoms with Gasteiger partial charge in [-0.1, -0.05) is 43.3 Å². The van der Waals surface area contributed by atoms with Crippen LogP contribution in [-0.4, -0.2) is 36.2 Å². The van der Waals surface area contributed by atoms with E-state index in [1.165, 1.54) is 12.1 Å². The molecular formula is C27H25FN4O. The zero-order valence-electron chi connectivity index (χ0n) is 18.9. The lowest BCUT2D eigenvalue weighted by atomic mass is 9.90. The summed E-state index contributed by atoms with van der Waals surface area (Å²) in [6.07, 6.45) is 3.66. The van der Waals surface area contributed by atoms with Gasteiger partial charge in [0.25, 0.3) is 0 Å². The van der Waals surface area contributed by atoms with Crippen LogP contribution in [-0.2, 0) is 0 Å². The molecule has 2 heterocycles. The number of aliphatic imine (C=N–C) groups is 1. The zero-order chi connectivity index (χ0) is 22.9. The van der Waals surface area contributed by atoms with Gasteiger partial charge >= 0.3 is 0 Å². The Labute approximate surface area is 192 Å². The normalized spacial score (nSPS) is 16.4. The quantitative estimate of drug-likeness (QED) is 0.392. The third-order valence-corrected chi connectivity index (χ3v) is 6.26. The van der Waals surface area contributed by atoms with Gasteiger partial charge in [-0.25, -0.2) is 4.39 Å². The number of halogens is 1. The van der Waals surface area contributed by atoms with Gasteiger partial charge in [-0.15, -0.1) is 0 Å². The van der Waals surface area contributed by atoms with Gasteiger partial charge in [-0.05, 0) is 47.9 Å². The van der Waals surface area contributed by atoms with E-state index in [1.807, 2.05) is 30.6 Å². The maximum atomic E-state index is 13.4. The van der Waals surface area contributed by atoms with Crippen molar-refractivity contribution < 1.29 is 9.13 Å². The van der Waals surface area contributed by atoms with Crippen LogP contribution in [0.5, 0.6) is 5.75 Å². The van der Waals surface area contributed by atoms with Crippen LogP contribution in [0.1, 0.15) is 30.9 Å². The molecule has 2 unspecified atom stereocenters. The number of hydrogen-bond acceptors (Lipinski definition) is 5. The van der Waals surface area contributed by atoms with E-state index in [4.69, 9.17) is 4.74 Å². The van der Waals surface area contributed by atoms with E-state index in [0.717, 1.165) is 51.1 Å². The Bertz CT molecular complexity index is 1340. The van der Waals surface area contributed by atoms with Crippen LogP contribution in [0.2, 0.25) is 0 Å². The number of rotatable bonds is 5. The number of benzene rings is 3. The SMILES string of the molecule is COc1cc(-c2cnnc3c(C(C)c4ccc(F)cc4)cccc23)ccc1N1C=NC(C)C1. The molecule has 0 aliphatic carbocycles. The fourth-order valence-corrected chi connectivity index (χ4v) is 4.43. The monoisotopic (exact) mass is 440 g/mol. The van der Waals surface area contributed by atoms with Crippen LogP contribution in [0, 0.1) is 5.82 Å². The van der Waals surface area contributed by atoms with E-state index in [9.17, 15) is 4.39 Å². The standard InChI is InChI=1S/C27H25FN4O/c1-17-15-32(16-29-17)25-12-9-20(13-26(25)33-3)24-14-30-31-27-22(5-4-6-23(24)27)18(2)19-7-10-21(28)11-8-19/h4-14,16-18H,15H2,1-3H3. The lowest BCUT2D eigenvalue weighted by Crippen LogP contribution is -2.21. The lowest BCUT2D eigenvalue weighted by molar-refractivity contribution is 0.416. The second kappa shape index (κ2) is 8.62. The molecule has 5 rings (SSSR count). The summed E-state index contributed by atoms with van der Waals surface area (Å²) in [7, 11) is 1.69. The van der Waals surface area contributed by atoms with Crippen molar-refractivity contribution in [2.24, 2.45) is 4.99 Å². The molecule has 166 valence electrons. The molecule has 1 aliphatic rings. The molecule has 5 nitrogen and oxygen atoms in total. The molecule has 1 aromatic heterocycles. The minimum absolute atomic E-state index is 0.0483. The van der Waals surface area contributed by atoms with Crippen molar-refractivity contribution in [2.75, 3.05) is 18.6 Å². The third-order valence-electron chi connectivity index (χ3n) is 6.26. The third kappa shape index (κ3) is 3.93. The first-order valence-corrected chi connectivity index (χ1v) is 11.0. The molecular weight excluding hydrogens is 415 g/mol. The van der Waals surface area contributed by atoms with Gasteiger partial charge in [-0.3, -0.25) is 4.99 Å². The lowest BCUT2D eigenvalue weighted by Gasteiger charge is -2.20. The van der Waals surface area contributed by atoms with Gasteiger partial charge in [0, 0.05) is 23.4 Å². The molecule has 1 aliphatic heterocycles. The van der Waals surface area contributed by atoms with Crippen LogP contribution >= 0.6 is 0 Å². The Morgan fingerprint density at radius 3 is 2.64 bits per heavy atom. The van der Waals surface area contributed by atoms with Crippen LogP contribution in [0.25, 0.3) is 22.0 Å². The largest absolute Gasteiger partial charge is 0.495 e. The summed E-state index contributed by atoms with van der Waals surface area (Å²) >= 11 is 0. The average molecular weight is 441 g/mol. The van der Waals surface area contributed by atoms with E-state index < -0.39 is 0 Å². The number of fused-ring (bicyclic) bond motifs is 1. The number of aromatic nitrogens is 2. The predicted molar refractivity (Wildman–Crippen MR) is 131 cm³/mol. The van der Waals surface area contributed by atoms with Crippen LogP contribution in [0.15, 0.2) is 71.9 Å². The Balaban J connectivity index is 1.58. The van der Waals surface area contributed by atoms with Gasteiger partial charge in [0.05, 0.1) is 36.9 Å². The summed E-state index contributed by atoms with van der Waals surface area (Å²) in [4.78, 5) is 6.56. The van der Waals surface area contributed by atoms with E-state index in [-0.39, 0.29) is 17.8 Å². The molecule has 33 heavy (non-hydrogen) atoms. The van der Waals surface area contributed by atoms with E-state index in [1.54, 1.807) is 13.3 Å².